The molecule has 6 heteroatoms. The summed E-state index contributed by atoms with van der Waals surface area (Å²) in [4.78, 5) is 14.7. The van der Waals surface area contributed by atoms with Gasteiger partial charge in [-0.3, -0.25) is 0 Å². The number of rotatable bonds is 3. The lowest BCUT2D eigenvalue weighted by Crippen LogP contribution is -2.00. The van der Waals surface area contributed by atoms with E-state index in [2.05, 4.69) is 64.5 Å². The van der Waals surface area contributed by atoms with Crippen LogP contribution in [0.2, 0.25) is 0 Å². The zero-order valence-corrected chi connectivity index (χ0v) is 23.6. The van der Waals surface area contributed by atoms with Crippen LogP contribution in [-0.2, 0) is 0 Å². The van der Waals surface area contributed by atoms with Gasteiger partial charge in [-0.25, -0.2) is 15.0 Å². The van der Waals surface area contributed by atoms with Gasteiger partial charge in [0.2, 0.25) is 0 Å². The fourth-order valence-electron chi connectivity index (χ4n) is 5.09. The van der Waals surface area contributed by atoms with E-state index in [-0.39, 0.29) is 0 Å². The average molecular weight is 601 g/mol. The molecule has 0 spiro atoms. The molecule has 0 aliphatic rings. The molecular formula is C33H18BrN3S2. The highest BCUT2D eigenvalue weighted by molar-refractivity contribution is 9.10. The molecule has 0 unspecified atom stereocenters. The Kier molecular flexibility index (Phi) is 5.33. The molecule has 0 saturated carbocycles. The van der Waals surface area contributed by atoms with Crippen LogP contribution in [0.4, 0.5) is 0 Å². The number of halogens is 1. The van der Waals surface area contributed by atoms with Gasteiger partial charge in [0.15, 0.2) is 17.5 Å². The normalized spacial score (nSPS) is 11.7. The zero-order valence-electron chi connectivity index (χ0n) is 20.4. The Labute approximate surface area is 240 Å². The molecule has 184 valence electrons. The van der Waals surface area contributed by atoms with Crippen molar-refractivity contribution in [3.8, 4) is 34.2 Å². The van der Waals surface area contributed by atoms with E-state index >= 15 is 0 Å². The number of nitrogens with zero attached hydrogens (tertiary/aromatic N) is 3. The molecule has 0 aliphatic heterocycles. The molecule has 0 aliphatic carbocycles. The minimum Gasteiger partial charge on any atom is -0.208 e. The molecule has 3 nitrogen and oxygen atoms in total. The lowest BCUT2D eigenvalue weighted by molar-refractivity contribution is 1.07. The second kappa shape index (κ2) is 9.06. The van der Waals surface area contributed by atoms with Gasteiger partial charge in [-0.2, -0.15) is 0 Å². The van der Waals surface area contributed by atoms with Crippen LogP contribution >= 0.6 is 38.6 Å². The molecule has 3 aromatic heterocycles. The SMILES string of the molecule is Brc1ccc2sc3cc4c(cc3c2c1)sc1ccc(-c2nc(-c3ccccc3)nc(-c3ccccc3)n2)cc14. The van der Waals surface area contributed by atoms with Gasteiger partial charge in [0, 0.05) is 61.5 Å². The molecule has 0 amide bonds. The van der Waals surface area contributed by atoms with Crippen LogP contribution in [0.1, 0.15) is 0 Å². The lowest BCUT2D eigenvalue weighted by Gasteiger charge is -2.08. The van der Waals surface area contributed by atoms with Gasteiger partial charge < -0.3 is 0 Å². The standard InChI is InChI=1S/C33H18BrN3S2/c34-22-12-14-28-24(16-22)26-18-29-25(17-30(26)39-28)23-15-21(11-13-27(23)38-29)33-36-31(19-7-3-1-4-8-19)35-32(37-33)20-9-5-2-6-10-20/h1-18H. The molecule has 0 saturated heterocycles. The summed E-state index contributed by atoms with van der Waals surface area (Å²) in [6.07, 6.45) is 0. The highest BCUT2D eigenvalue weighted by Gasteiger charge is 2.15. The van der Waals surface area contributed by atoms with Crippen LogP contribution in [-0.4, -0.2) is 15.0 Å². The minimum atomic E-state index is 0.674. The van der Waals surface area contributed by atoms with Crippen molar-refractivity contribution in [2.75, 3.05) is 0 Å². The molecular weight excluding hydrogens is 582 g/mol. The summed E-state index contributed by atoms with van der Waals surface area (Å²) in [5, 5.41) is 5.12. The highest BCUT2D eigenvalue weighted by atomic mass is 79.9. The largest absolute Gasteiger partial charge is 0.208 e. The summed E-state index contributed by atoms with van der Waals surface area (Å²) in [6.45, 7) is 0. The zero-order chi connectivity index (χ0) is 25.9. The first-order valence-electron chi connectivity index (χ1n) is 12.5. The minimum absolute atomic E-state index is 0.674. The van der Waals surface area contributed by atoms with E-state index in [0.29, 0.717) is 17.5 Å². The Balaban J connectivity index is 1.33. The van der Waals surface area contributed by atoms with Crippen LogP contribution in [0, 0.1) is 0 Å². The number of hydrogen-bond donors (Lipinski definition) is 0. The Bertz CT molecular complexity index is 2130. The number of aromatic nitrogens is 3. The molecule has 8 aromatic rings. The van der Waals surface area contributed by atoms with Crippen molar-refractivity contribution in [1.82, 2.24) is 15.0 Å². The van der Waals surface area contributed by atoms with Gasteiger partial charge in [-0.05, 0) is 48.5 Å². The van der Waals surface area contributed by atoms with Gasteiger partial charge in [0.25, 0.3) is 0 Å². The molecule has 8 rings (SSSR count). The van der Waals surface area contributed by atoms with E-state index in [9.17, 15) is 0 Å². The third-order valence-electron chi connectivity index (χ3n) is 6.98. The quantitative estimate of drug-likeness (QED) is 0.203. The molecule has 0 radical (unpaired) electrons. The lowest BCUT2D eigenvalue weighted by atomic mass is 10.1. The monoisotopic (exact) mass is 599 g/mol. The summed E-state index contributed by atoms with van der Waals surface area (Å²) in [5.74, 6) is 2.03. The number of benzene rings is 5. The Morgan fingerprint density at radius 2 is 0.872 bits per heavy atom. The van der Waals surface area contributed by atoms with Crippen LogP contribution in [0.3, 0.4) is 0 Å². The summed E-state index contributed by atoms with van der Waals surface area (Å²) in [5.41, 5.74) is 2.93. The van der Waals surface area contributed by atoms with Gasteiger partial charge >= 0.3 is 0 Å². The van der Waals surface area contributed by atoms with Crippen molar-refractivity contribution in [2.45, 2.75) is 0 Å². The first-order valence-corrected chi connectivity index (χ1v) is 15.0. The third kappa shape index (κ3) is 3.95. The Hall–Kier alpha value is -3.97. The van der Waals surface area contributed by atoms with E-state index in [1.165, 1.54) is 40.3 Å². The first kappa shape index (κ1) is 23.0. The number of fused-ring (bicyclic) bond motifs is 6. The predicted octanol–water partition coefficient (Wildman–Crippen LogP) is 10.4. The summed E-state index contributed by atoms with van der Waals surface area (Å²) in [6, 6.07) is 38.0. The predicted molar refractivity (Wildman–Crippen MR) is 170 cm³/mol. The van der Waals surface area contributed by atoms with E-state index in [4.69, 9.17) is 15.0 Å². The van der Waals surface area contributed by atoms with E-state index in [0.717, 1.165) is 21.2 Å². The highest BCUT2D eigenvalue weighted by Crippen LogP contribution is 2.43. The maximum Gasteiger partial charge on any atom is 0.164 e. The summed E-state index contributed by atoms with van der Waals surface area (Å²) >= 11 is 7.33. The Morgan fingerprint density at radius 3 is 1.44 bits per heavy atom. The van der Waals surface area contributed by atoms with Crippen molar-refractivity contribution < 1.29 is 0 Å². The third-order valence-corrected chi connectivity index (χ3v) is 9.74. The van der Waals surface area contributed by atoms with Crippen molar-refractivity contribution in [3.05, 3.63) is 114 Å². The van der Waals surface area contributed by atoms with E-state index in [1.54, 1.807) is 0 Å². The molecule has 0 atom stereocenters. The number of thiophene rings is 2. The van der Waals surface area contributed by atoms with Crippen LogP contribution in [0.15, 0.2) is 114 Å². The van der Waals surface area contributed by atoms with Gasteiger partial charge in [-0.1, -0.05) is 76.6 Å². The maximum atomic E-state index is 4.94. The second-order valence-electron chi connectivity index (χ2n) is 9.44. The number of hydrogen-bond acceptors (Lipinski definition) is 5. The fraction of sp³-hybridized carbons (Fsp3) is 0. The summed E-state index contributed by atoms with van der Waals surface area (Å²) in [7, 11) is 0. The summed E-state index contributed by atoms with van der Waals surface area (Å²) < 4.78 is 6.27. The van der Waals surface area contributed by atoms with Crippen molar-refractivity contribution in [2.24, 2.45) is 0 Å². The van der Waals surface area contributed by atoms with E-state index < -0.39 is 0 Å². The van der Waals surface area contributed by atoms with Crippen molar-refractivity contribution in [3.63, 3.8) is 0 Å². The van der Waals surface area contributed by atoms with Crippen molar-refractivity contribution >= 4 is 78.9 Å². The van der Waals surface area contributed by atoms with Crippen LogP contribution < -0.4 is 0 Å². The van der Waals surface area contributed by atoms with Crippen LogP contribution in [0.25, 0.3) is 74.5 Å². The van der Waals surface area contributed by atoms with Gasteiger partial charge in [0.05, 0.1) is 0 Å². The van der Waals surface area contributed by atoms with Crippen molar-refractivity contribution in [1.29, 1.82) is 0 Å². The smallest absolute Gasteiger partial charge is 0.164 e. The second-order valence-corrected chi connectivity index (χ2v) is 12.5. The molecule has 3 heterocycles. The van der Waals surface area contributed by atoms with E-state index in [1.807, 2.05) is 83.3 Å². The molecule has 0 bridgehead atoms. The Morgan fingerprint density at radius 1 is 0.410 bits per heavy atom. The van der Waals surface area contributed by atoms with Crippen LogP contribution in [0.5, 0.6) is 0 Å². The molecule has 39 heavy (non-hydrogen) atoms. The average Bonchev–Trinajstić information content (AvgIpc) is 3.53. The van der Waals surface area contributed by atoms with Gasteiger partial charge in [-0.15, -0.1) is 22.7 Å². The molecule has 0 N–H and O–H groups in total. The van der Waals surface area contributed by atoms with Gasteiger partial charge in [0.1, 0.15) is 0 Å². The molecule has 0 fully saturated rings. The maximum absolute atomic E-state index is 4.94. The topological polar surface area (TPSA) is 38.7 Å². The first-order chi connectivity index (χ1) is 19.2. The fourth-order valence-corrected chi connectivity index (χ4v) is 7.67. The molecule has 5 aromatic carbocycles.